The molecule has 122 valence electrons. The van der Waals surface area contributed by atoms with E-state index < -0.39 is 5.97 Å². The summed E-state index contributed by atoms with van der Waals surface area (Å²) in [4.78, 5) is 23.6. The third kappa shape index (κ3) is 3.23. The highest BCUT2D eigenvalue weighted by Crippen LogP contribution is 2.44. The number of imidazole rings is 1. The zero-order valence-corrected chi connectivity index (χ0v) is 13.5. The van der Waals surface area contributed by atoms with Crippen molar-refractivity contribution in [2.45, 2.75) is 45.1 Å². The molecule has 0 spiro atoms. The van der Waals surface area contributed by atoms with Crippen molar-refractivity contribution in [1.29, 1.82) is 0 Å². The molecule has 1 atom stereocenters. The molecule has 1 aliphatic rings. The number of rotatable bonds is 6. The molecular weight excluding hydrogens is 292 g/mol. The molecule has 1 heterocycles. The van der Waals surface area contributed by atoms with Crippen LogP contribution in [0.3, 0.4) is 0 Å². The lowest BCUT2D eigenvalue weighted by Crippen LogP contribution is -2.24. The number of aliphatic carboxylic acids is 1. The predicted molar refractivity (Wildman–Crippen MR) is 88.1 cm³/mol. The molecule has 1 unspecified atom stereocenters. The van der Waals surface area contributed by atoms with E-state index in [4.69, 9.17) is 5.11 Å². The first-order valence-electron chi connectivity index (χ1n) is 8.09. The van der Waals surface area contributed by atoms with Crippen molar-refractivity contribution >= 4 is 5.97 Å². The maximum Gasteiger partial charge on any atom is 0.332 e. The fourth-order valence-corrected chi connectivity index (χ4v) is 3.13. The van der Waals surface area contributed by atoms with Gasteiger partial charge in [-0.1, -0.05) is 12.1 Å². The number of benzene rings is 1. The average Bonchev–Trinajstić information content (AvgIpc) is 3.26. The maximum atomic E-state index is 12.4. The van der Waals surface area contributed by atoms with Gasteiger partial charge >= 0.3 is 11.7 Å². The van der Waals surface area contributed by atoms with Gasteiger partial charge in [0.1, 0.15) is 0 Å². The van der Waals surface area contributed by atoms with Crippen LogP contribution in [0.1, 0.15) is 50.6 Å². The second kappa shape index (κ2) is 6.07. The fourth-order valence-electron chi connectivity index (χ4n) is 3.13. The molecule has 5 heteroatoms. The zero-order chi connectivity index (χ0) is 16.6. The summed E-state index contributed by atoms with van der Waals surface area (Å²) in [6.45, 7) is 3.94. The number of hydrogen-bond acceptors (Lipinski definition) is 2. The minimum Gasteiger partial charge on any atom is -0.481 e. The van der Waals surface area contributed by atoms with Gasteiger partial charge in [0.05, 0.1) is 12.1 Å². The van der Waals surface area contributed by atoms with E-state index in [9.17, 15) is 9.59 Å². The third-order valence-electron chi connectivity index (χ3n) is 4.52. The van der Waals surface area contributed by atoms with Crippen molar-refractivity contribution in [3.8, 4) is 5.69 Å². The van der Waals surface area contributed by atoms with Crippen LogP contribution >= 0.6 is 0 Å². The van der Waals surface area contributed by atoms with Gasteiger partial charge in [0.25, 0.3) is 0 Å². The van der Waals surface area contributed by atoms with Crippen LogP contribution in [0, 0.1) is 5.92 Å². The molecule has 3 rings (SSSR count). The Kier molecular flexibility index (Phi) is 4.11. The van der Waals surface area contributed by atoms with E-state index in [0.717, 1.165) is 24.1 Å². The highest BCUT2D eigenvalue weighted by Gasteiger charge is 2.33. The minimum absolute atomic E-state index is 0.0373. The Balaban J connectivity index is 1.96. The minimum atomic E-state index is -0.768. The highest BCUT2D eigenvalue weighted by molar-refractivity contribution is 5.68. The summed E-state index contributed by atoms with van der Waals surface area (Å²) in [5.41, 5.74) is 1.73. The lowest BCUT2D eigenvalue weighted by atomic mass is 9.91. The van der Waals surface area contributed by atoms with Crippen LogP contribution in [-0.2, 0) is 4.79 Å². The summed E-state index contributed by atoms with van der Waals surface area (Å²) in [5.74, 6) is -0.274. The van der Waals surface area contributed by atoms with Gasteiger partial charge in [-0.3, -0.25) is 13.9 Å². The van der Waals surface area contributed by atoms with Crippen molar-refractivity contribution in [3.05, 3.63) is 52.7 Å². The molecule has 1 aromatic heterocycles. The van der Waals surface area contributed by atoms with Crippen LogP contribution in [0.15, 0.2) is 41.5 Å². The zero-order valence-electron chi connectivity index (χ0n) is 13.5. The van der Waals surface area contributed by atoms with Crippen LogP contribution in [0.25, 0.3) is 5.69 Å². The van der Waals surface area contributed by atoms with Gasteiger partial charge in [-0.05, 0) is 56.2 Å². The van der Waals surface area contributed by atoms with Gasteiger partial charge in [0.2, 0.25) is 0 Å². The van der Waals surface area contributed by atoms with Gasteiger partial charge in [-0.2, -0.15) is 0 Å². The number of carboxylic acids is 1. The Bertz CT molecular complexity index is 769. The van der Waals surface area contributed by atoms with E-state index in [0.29, 0.717) is 5.92 Å². The van der Waals surface area contributed by atoms with Crippen molar-refractivity contribution in [1.82, 2.24) is 9.13 Å². The van der Waals surface area contributed by atoms with Crippen molar-refractivity contribution in [3.63, 3.8) is 0 Å². The van der Waals surface area contributed by atoms with Crippen LogP contribution < -0.4 is 5.69 Å². The van der Waals surface area contributed by atoms with E-state index >= 15 is 0 Å². The topological polar surface area (TPSA) is 64.2 Å². The number of carboxylic acid groups (broad SMARTS) is 1. The van der Waals surface area contributed by atoms with Crippen LogP contribution in [0.2, 0.25) is 0 Å². The normalized spacial score (nSPS) is 15.8. The summed E-state index contributed by atoms with van der Waals surface area (Å²) in [5, 5.41) is 9.16. The standard InChI is InChI=1S/C18H22N2O3/c1-12(2)19-8-9-20(18(19)23)15-5-3-4-14(10-15)16(11-17(21)22)13-6-7-13/h3-5,8-10,12-13,16H,6-7,11H2,1-2H3,(H,21,22). The SMILES string of the molecule is CC(C)n1ccn(-c2cccc(C(CC(=O)O)C3CC3)c2)c1=O. The summed E-state index contributed by atoms with van der Waals surface area (Å²) in [7, 11) is 0. The average molecular weight is 314 g/mol. The summed E-state index contributed by atoms with van der Waals surface area (Å²) in [6.07, 6.45) is 5.88. The molecule has 23 heavy (non-hydrogen) atoms. The van der Waals surface area contributed by atoms with Crippen molar-refractivity contribution in [2.75, 3.05) is 0 Å². The predicted octanol–water partition coefficient (Wildman–Crippen LogP) is 3.19. The van der Waals surface area contributed by atoms with Gasteiger partial charge in [0.15, 0.2) is 0 Å². The van der Waals surface area contributed by atoms with Crippen LogP contribution in [0.5, 0.6) is 0 Å². The molecule has 1 fully saturated rings. The smallest absolute Gasteiger partial charge is 0.332 e. The summed E-state index contributed by atoms with van der Waals surface area (Å²) < 4.78 is 3.30. The molecule has 2 aromatic rings. The second-order valence-electron chi connectivity index (χ2n) is 6.59. The largest absolute Gasteiger partial charge is 0.481 e. The first-order valence-corrected chi connectivity index (χ1v) is 8.09. The number of nitrogens with zero attached hydrogens (tertiary/aromatic N) is 2. The Morgan fingerprint density at radius 3 is 2.61 bits per heavy atom. The van der Waals surface area contributed by atoms with E-state index in [1.807, 2.05) is 38.1 Å². The van der Waals surface area contributed by atoms with E-state index in [1.54, 1.807) is 21.5 Å². The van der Waals surface area contributed by atoms with Crippen LogP contribution in [0.4, 0.5) is 0 Å². The first kappa shape index (κ1) is 15.6. The van der Waals surface area contributed by atoms with Crippen molar-refractivity contribution < 1.29 is 9.90 Å². The van der Waals surface area contributed by atoms with Crippen LogP contribution in [-0.4, -0.2) is 20.2 Å². The summed E-state index contributed by atoms with van der Waals surface area (Å²) >= 11 is 0. The van der Waals surface area contributed by atoms with Gasteiger partial charge in [-0.25, -0.2) is 4.79 Å². The van der Waals surface area contributed by atoms with Gasteiger partial charge < -0.3 is 5.11 Å². The lowest BCUT2D eigenvalue weighted by Gasteiger charge is -2.15. The molecule has 1 aliphatic carbocycles. The quantitative estimate of drug-likeness (QED) is 0.890. The van der Waals surface area contributed by atoms with Gasteiger partial charge in [-0.15, -0.1) is 0 Å². The molecular formula is C18H22N2O3. The molecule has 0 amide bonds. The Morgan fingerprint density at radius 1 is 1.30 bits per heavy atom. The number of carbonyl (C=O) groups is 1. The Morgan fingerprint density at radius 2 is 2.04 bits per heavy atom. The molecule has 1 N–H and O–H groups in total. The Labute approximate surface area is 135 Å². The van der Waals surface area contributed by atoms with Gasteiger partial charge in [0, 0.05) is 18.4 Å². The summed E-state index contributed by atoms with van der Waals surface area (Å²) in [6, 6.07) is 7.83. The van der Waals surface area contributed by atoms with Crippen molar-refractivity contribution in [2.24, 2.45) is 5.92 Å². The number of aromatic nitrogens is 2. The molecule has 0 radical (unpaired) electrons. The molecule has 0 aliphatic heterocycles. The molecule has 0 bridgehead atoms. The highest BCUT2D eigenvalue weighted by atomic mass is 16.4. The van der Waals surface area contributed by atoms with E-state index in [-0.39, 0.29) is 24.1 Å². The molecule has 5 nitrogen and oxygen atoms in total. The second-order valence-corrected chi connectivity index (χ2v) is 6.59. The molecule has 1 saturated carbocycles. The van der Waals surface area contributed by atoms with E-state index in [1.165, 1.54) is 0 Å². The lowest BCUT2D eigenvalue weighted by molar-refractivity contribution is -0.137. The first-order chi connectivity index (χ1) is 11.0. The third-order valence-corrected chi connectivity index (χ3v) is 4.52. The van der Waals surface area contributed by atoms with E-state index in [2.05, 4.69) is 0 Å². The molecule has 0 saturated heterocycles. The fraction of sp³-hybridized carbons (Fsp3) is 0.444. The number of hydrogen-bond donors (Lipinski definition) is 1. The monoisotopic (exact) mass is 314 g/mol. The molecule has 1 aromatic carbocycles. The Hall–Kier alpha value is -2.30. The maximum absolute atomic E-state index is 12.4.